The van der Waals surface area contributed by atoms with Crippen LogP contribution in [0.25, 0.3) is 0 Å². The van der Waals surface area contributed by atoms with Crippen molar-refractivity contribution in [2.75, 3.05) is 19.0 Å². The van der Waals surface area contributed by atoms with Gasteiger partial charge in [-0.15, -0.1) is 0 Å². The Kier molecular flexibility index (Phi) is 6.81. The molecule has 1 aromatic rings. The first-order valence-electron chi connectivity index (χ1n) is 5.39. The van der Waals surface area contributed by atoms with Crippen LogP contribution in [0.1, 0.15) is 16.8 Å². The molecule has 18 heavy (non-hydrogen) atoms. The number of amides is 1. The van der Waals surface area contributed by atoms with E-state index in [1.807, 2.05) is 0 Å². The first-order valence-corrected chi connectivity index (χ1v) is 7.30. The molecule has 0 spiro atoms. The van der Waals surface area contributed by atoms with Gasteiger partial charge in [0, 0.05) is 16.9 Å². The van der Waals surface area contributed by atoms with Gasteiger partial charge in [-0.25, -0.2) is 4.39 Å². The molecule has 0 saturated carbocycles. The lowest BCUT2D eigenvalue weighted by atomic mass is 10.1. The van der Waals surface area contributed by atoms with Gasteiger partial charge in [0.2, 0.25) is 0 Å². The van der Waals surface area contributed by atoms with Crippen LogP contribution in [0.15, 0.2) is 22.7 Å². The third kappa shape index (κ3) is 4.66. The fraction of sp³-hybridized carbons (Fsp3) is 0.417. The highest BCUT2D eigenvalue weighted by molar-refractivity contribution is 9.10. The lowest BCUT2D eigenvalue weighted by Crippen LogP contribution is -2.38. The minimum absolute atomic E-state index is 0.0705. The average molecular weight is 383 g/mol. The van der Waals surface area contributed by atoms with E-state index in [1.54, 1.807) is 7.11 Å². The zero-order valence-corrected chi connectivity index (χ0v) is 13.1. The number of hydrogen-bond donors (Lipinski definition) is 1. The molecule has 0 bridgehead atoms. The number of carbonyl (C=O) groups is 1. The van der Waals surface area contributed by atoms with Gasteiger partial charge in [0.25, 0.3) is 5.91 Å². The highest BCUT2D eigenvalue weighted by atomic mass is 79.9. The molecule has 100 valence electrons. The van der Waals surface area contributed by atoms with Gasteiger partial charge in [0.15, 0.2) is 0 Å². The molecule has 1 rings (SSSR count). The molecule has 0 aromatic heterocycles. The molecule has 1 atom stereocenters. The molecule has 1 unspecified atom stereocenters. The topological polar surface area (TPSA) is 38.3 Å². The zero-order chi connectivity index (χ0) is 13.5. The second-order valence-corrected chi connectivity index (χ2v) is 5.37. The first kappa shape index (κ1) is 15.6. The molecule has 0 aliphatic carbocycles. The van der Waals surface area contributed by atoms with Crippen LogP contribution in [0.2, 0.25) is 0 Å². The third-order valence-electron chi connectivity index (χ3n) is 2.34. The number of benzene rings is 1. The quantitative estimate of drug-likeness (QED) is 0.767. The molecule has 0 aliphatic heterocycles. The molecule has 3 nitrogen and oxygen atoms in total. The fourth-order valence-electron chi connectivity index (χ4n) is 1.47. The SMILES string of the molecule is COCC(CCBr)NC(=O)c1ccc(F)cc1Br. The second kappa shape index (κ2) is 7.86. The summed E-state index contributed by atoms with van der Waals surface area (Å²) in [5, 5.41) is 3.62. The van der Waals surface area contributed by atoms with E-state index in [-0.39, 0.29) is 17.8 Å². The van der Waals surface area contributed by atoms with E-state index < -0.39 is 0 Å². The van der Waals surface area contributed by atoms with Crippen molar-refractivity contribution in [3.63, 3.8) is 0 Å². The van der Waals surface area contributed by atoms with Gasteiger partial charge >= 0.3 is 0 Å². The monoisotopic (exact) mass is 381 g/mol. The predicted molar refractivity (Wildman–Crippen MR) is 75.6 cm³/mol. The molecule has 0 radical (unpaired) electrons. The maximum atomic E-state index is 12.9. The summed E-state index contributed by atoms with van der Waals surface area (Å²) in [5.41, 5.74) is 0.409. The number of alkyl halides is 1. The minimum Gasteiger partial charge on any atom is -0.383 e. The smallest absolute Gasteiger partial charge is 0.252 e. The molecule has 1 aromatic carbocycles. The van der Waals surface area contributed by atoms with E-state index in [0.29, 0.717) is 16.6 Å². The summed E-state index contributed by atoms with van der Waals surface area (Å²) in [7, 11) is 1.58. The number of ether oxygens (including phenoxy) is 1. The van der Waals surface area contributed by atoms with Gasteiger partial charge < -0.3 is 10.1 Å². The lowest BCUT2D eigenvalue weighted by molar-refractivity contribution is 0.0894. The van der Waals surface area contributed by atoms with E-state index in [0.717, 1.165) is 11.8 Å². The first-order chi connectivity index (χ1) is 8.58. The maximum absolute atomic E-state index is 12.9. The third-order valence-corrected chi connectivity index (χ3v) is 3.45. The number of nitrogens with one attached hydrogen (secondary N) is 1. The fourth-order valence-corrected chi connectivity index (χ4v) is 2.55. The van der Waals surface area contributed by atoms with Crippen molar-refractivity contribution in [3.05, 3.63) is 34.1 Å². The summed E-state index contributed by atoms with van der Waals surface area (Å²) in [6.07, 6.45) is 0.762. The van der Waals surface area contributed by atoms with Crippen LogP contribution in [-0.4, -0.2) is 31.0 Å². The second-order valence-electron chi connectivity index (χ2n) is 3.73. The van der Waals surface area contributed by atoms with Crippen molar-refractivity contribution < 1.29 is 13.9 Å². The number of rotatable bonds is 6. The molecule has 1 amide bonds. The summed E-state index contributed by atoms with van der Waals surface area (Å²) in [5.74, 6) is -0.628. The Hall–Kier alpha value is -0.460. The average Bonchev–Trinajstić information content (AvgIpc) is 2.29. The van der Waals surface area contributed by atoms with Crippen LogP contribution in [0.3, 0.4) is 0 Å². The van der Waals surface area contributed by atoms with Gasteiger partial charge in [-0.1, -0.05) is 15.9 Å². The van der Waals surface area contributed by atoms with Crippen LogP contribution in [0.4, 0.5) is 4.39 Å². The van der Waals surface area contributed by atoms with E-state index in [2.05, 4.69) is 37.2 Å². The summed E-state index contributed by atoms with van der Waals surface area (Å²) < 4.78 is 18.4. The zero-order valence-electron chi connectivity index (χ0n) is 9.88. The van der Waals surface area contributed by atoms with Crippen LogP contribution >= 0.6 is 31.9 Å². The highest BCUT2D eigenvalue weighted by Crippen LogP contribution is 2.18. The Balaban J connectivity index is 2.73. The van der Waals surface area contributed by atoms with Crippen LogP contribution in [-0.2, 0) is 4.74 Å². The summed E-state index contributed by atoms with van der Waals surface area (Å²) >= 11 is 6.50. The molecule has 0 saturated heterocycles. The highest BCUT2D eigenvalue weighted by Gasteiger charge is 2.15. The van der Waals surface area contributed by atoms with E-state index >= 15 is 0 Å². The molecule has 6 heteroatoms. The van der Waals surface area contributed by atoms with Crippen molar-refractivity contribution >= 4 is 37.8 Å². The van der Waals surface area contributed by atoms with Crippen molar-refractivity contribution in [1.29, 1.82) is 0 Å². The molecule has 0 heterocycles. The van der Waals surface area contributed by atoms with Crippen LogP contribution in [0, 0.1) is 5.82 Å². The van der Waals surface area contributed by atoms with Crippen molar-refractivity contribution in [3.8, 4) is 0 Å². The van der Waals surface area contributed by atoms with Crippen molar-refractivity contribution in [1.82, 2.24) is 5.32 Å². The van der Waals surface area contributed by atoms with Crippen LogP contribution < -0.4 is 5.32 Å². The Labute approximate surface area is 122 Å². The molecule has 0 aliphatic rings. The summed E-state index contributed by atoms with van der Waals surface area (Å²) in [4.78, 5) is 12.0. The van der Waals surface area contributed by atoms with Gasteiger partial charge in [-0.3, -0.25) is 4.79 Å². The standard InChI is InChI=1S/C12H14Br2FNO2/c1-18-7-9(4-5-13)16-12(17)10-3-2-8(15)6-11(10)14/h2-3,6,9H,4-5,7H2,1H3,(H,16,17). The number of halogens is 3. The van der Waals surface area contributed by atoms with E-state index in [4.69, 9.17) is 4.74 Å². The van der Waals surface area contributed by atoms with Gasteiger partial charge in [0.05, 0.1) is 18.2 Å². The number of carbonyl (C=O) groups excluding carboxylic acids is 1. The Morgan fingerprint density at radius 3 is 2.83 bits per heavy atom. The Bertz CT molecular complexity index is 409. The molecular weight excluding hydrogens is 369 g/mol. The molecule has 0 fully saturated rings. The normalized spacial score (nSPS) is 12.2. The minimum atomic E-state index is -0.382. The Morgan fingerprint density at radius 1 is 1.56 bits per heavy atom. The van der Waals surface area contributed by atoms with Gasteiger partial charge in [-0.05, 0) is 40.5 Å². The number of methoxy groups -OCH3 is 1. The molecule has 1 N–H and O–H groups in total. The van der Waals surface area contributed by atoms with Crippen molar-refractivity contribution in [2.24, 2.45) is 0 Å². The maximum Gasteiger partial charge on any atom is 0.252 e. The van der Waals surface area contributed by atoms with Gasteiger partial charge in [0.1, 0.15) is 5.82 Å². The Morgan fingerprint density at radius 2 is 2.28 bits per heavy atom. The summed E-state index contributed by atoms with van der Waals surface area (Å²) in [6.45, 7) is 0.441. The van der Waals surface area contributed by atoms with E-state index in [9.17, 15) is 9.18 Å². The van der Waals surface area contributed by atoms with Crippen LogP contribution in [0.5, 0.6) is 0 Å². The molecular formula is C12H14Br2FNO2. The predicted octanol–water partition coefficient (Wildman–Crippen LogP) is 3.12. The van der Waals surface area contributed by atoms with E-state index in [1.165, 1.54) is 18.2 Å². The van der Waals surface area contributed by atoms with Gasteiger partial charge in [-0.2, -0.15) is 0 Å². The largest absolute Gasteiger partial charge is 0.383 e. The lowest BCUT2D eigenvalue weighted by Gasteiger charge is -2.17. The van der Waals surface area contributed by atoms with Crippen molar-refractivity contribution in [2.45, 2.75) is 12.5 Å². The number of hydrogen-bond acceptors (Lipinski definition) is 2. The summed E-state index contributed by atoms with van der Waals surface area (Å²) in [6, 6.07) is 3.91.